The van der Waals surface area contributed by atoms with E-state index in [1.807, 2.05) is 6.92 Å². The van der Waals surface area contributed by atoms with Crippen LogP contribution in [0.2, 0.25) is 0 Å². The topological polar surface area (TPSA) is 52.6 Å². The number of carbonyl (C=O) groups excluding carboxylic acids is 2. The summed E-state index contributed by atoms with van der Waals surface area (Å²) in [4.78, 5) is 22.2. The molecule has 0 aliphatic heterocycles. The Balaban J connectivity index is 1.86. The maximum absolute atomic E-state index is 11.9. The van der Waals surface area contributed by atoms with E-state index in [2.05, 4.69) is 4.74 Å². The average molecular weight is 276 g/mol. The second kappa shape index (κ2) is 5.43. The fourth-order valence-corrected chi connectivity index (χ4v) is 3.47. The van der Waals surface area contributed by atoms with Crippen LogP contribution < -0.4 is 0 Å². The minimum absolute atomic E-state index is 0.359. The van der Waals surface area contributed by atoms with E-state index in [0.717, 1.165) is 19.3 Å². The number of ether oxygens (including phenoxy) is 2. The first-order valence-electron chi connectivity index (χ1n) is 6.63. The van der Waals surface area contributed by atoms with Gasteiger partial charge in [0.25, 0.3) is 0 Å². The summed E-state index contributed by atoms with van der Waals surface area (Å²) in [5, 5.41) is 0. The van der Waals surface area contributed by atoms with Crippen molar-refractivity contribution in [2.45, 2.75) is 51.1 Å². The zero-order valence-corrected chi connectivity index (χ0v) is 10.9. The molecule has 0 heterocycles. The summed E-state index contributed by atoms with van der Waals surface area (Å²) in [6.07, 6.45) is 1.62. The van der Waals surface area contributed by atoms with Gasteiger partial charge in [-0.15, -0.1) is 0 Å². The Hall–Kier alpha value is -1.20. The van der Waals surface area contributed by atoms with Crippen LogP contribution in [0, 0.1) is 11.8 Å². The van der Waals surface area contributed by atoms with Gasteiger partial charge in [-0.1, -0.05) is 6.92 Å². The van der Waals surface area contributed by atoms with Crippen molar-refractivity contribution in [1.29, 1.82) is 0 Å². The molecule has 0 aromatic carbocycles. The Morgan fingerprint density at radius 2 is 2.11 bits per heavy atom. The van der Waals surface area contributed by atoms with Crippen LogP contribution in [0.5, 0.6) is 0 Å². The molecule has 2 fully saturated rings. The molecular weight excluding hydrogens is 258 g/mol. The van der Waals surface area contributed by atoms with Crippen molar-refractivity contribution in [3.8, 4) is 0 Å². The highest BCUT2D eigenvalue weighted by Gasteiger charge is 2.52. The molecule has 0 aromatic heterocycles. The molecule has 2 aliphatic rings. The van der Waals surface area contributed by atoms with Crippen molar-refractivity contribution < 1.29 is 27.8 Å². The first kappa shape index (κ1) is 14.2. The van der Waals surface area contributed by atoms with Crippen molar-refractivity contribution in [2.24, 2.45) is 11.8 Å². The van der Waals surface area contributed by atoms with Crippen molar-refractivity contribution >= 4 is 11.9 Å². The summed E-state index contributed by atoms with van der Waals surface area (Å²) in [6, 6.07) is 0. The molecule has 3 unspecified atom stereocenters. The molecule has 0 N–H and O–H groups in total. The SMILES string of the molecule is CCC1(OC(=O)COC(=O)C(F)F)CC2CCC1C2. The number of halogens is 2. The van der Waals surface area contributed by atoms with Crippen LogP contribution in [-0.2, 0) is 19.1 Å². The van der Waals surface area contributed by atoms with Crippen LogP contribution in [0.4, 0.5) is 8.78 Å². The quantitative estimate of drug-likeness (QED) is 0.723. The lowest BCUT2D eigenvalue weighted by Gasteiger charge is -2.36. The number of fused-ring (bicyclic) bond motifs is 2. The molecule has 2 saturated carbocycles. The first-order chi connectivity index (χ1) is 8.97. The fourth-order valence-electron chi connectivity index (χ4n) is 3.47. The van der Waals surface area contributed by atoms with Gasteiger partial charge >= 0.3 is 18.4 Å². The van der Waals surface area contributed by atoms with Crippen LogP contribution >= 0.6 is 0 Å². The third kappa shape index (κ3) is 2.87. The number of alkyl halides is 2. The zero-order chi connectivity index (χ0) is 14.0. The zero-order valence-electron chi connectivity index (χ0n) is 10.9. The van der Waals surface area contributed by atoms with Gasteiger partial charge in [0, 0.05) is 0 Å². The molecular formula is C13H18F2O4. The predicted molar refractivity (Wildman–Crippen MR) is 61.5 cm³/mol. The van der Waals surface area contributed by atoms with Crippen molar-refractivity contribution in [2.75, 3.05) is 6.61 Å². The summed E-state index contributed by atoms with van der Waals surface area (Å²) in [6.45, 7) is 1.22. The van der Waals surface area contributed by atoms with Gasteiger partial charge in [0.05, 0.1) is 0 Å². The lowest BCUT2D eigenvalue weighted by atomic mass is 9.82. The van der Waals surface area contributed by atoms with Gasteiger partial charge in [0.15, 0.2) is 6.61 Å². The molecule has 19 heavy (non-hydrogen) atoms. The van der Waals surface area contributed by atoms with E-state index >= 15 is 0 Å². The summed E-state index contributed by atoms with van der Waals surface area (Å²) in [5.74, 6) is -1.46. The van der Waals surface area contributed by atoms with Crippen molar-refractivity contribution in [3.63, 3.8) is 0 Å². The first-order valence-corrected chi connectivity index (χ1v) is 6.63. The number of rotatable bonds is 5. The highest BCUT2D eigenvalue weighted by Crippen LogP contribution is 2.54. The molecule has 2 bridgehead atoms. The molecule has 3 atom stereocenters. The summed E-state index contributed by atoms with van der Waals surface area (Å²) >= 11 is 0. The second-order valence-electron chi connectivity index (χ2n) is 5.38. The second-order valence-corrected chi connectivity index (χ2v) is 5.38. The lowest BCUT2D eigenvalue weighted by Crippen LogP contribution is -2.41. The number of esters is 2. The van der Waals surface area contributed by atoms with E-state index in [1.165, 1.54) is 6.42 Å². The van der Waals surface area contributed by atoms with E-state index in [9.17, 15) is 18.4 Å². The molecule has 0 radical (unpaired) electrons. The molecule has 108 valence electrons. The van der Waals surface area contributed by atoms with Crippen LogP contribution in [0.3, 0.4) is 0 Å². The molecule has 0 saturated heterocycles. The smallest absolute Gasteiger partial charge is 0.374 e. The molecule has 0 amide bonds. The fraction of sp³-hybridized carbons (Fsp3) is 0.846. The van der Waals surface area contributed by atoms with Gasteiger partial charge in [-0.05, 0) is 43.9 Å². The molecule has 2 aliphatic carbocycles. The minimum Gasteiger partial charge on any atom is -0.456 e. The average Bonchev–Trinajstić information content (AvgIpc) is 2.96. The van der Waals surface area contributed by atoms with E-state index in [1.54, 1.807) is 0 Å². The van der Waals surface area contributed by atoms with Gasteiger partial charge in [0.2, 0.25) is 0 Å². The van der Waals surface area contributed by atoms with E-state index in [4.69, 9.17) is 4.74 Å². The van der Waals surface area contributed by atoms with E-state index in [0.29, 0.717) is 18.3 Å². The Kier molecular flexibility index (Phi) is 4.06. The Morgan fingerprint density at radius 1 is 1.37 bits per heavy atom. The van der Waals surface area contributed by atoms with E-state index < -0.39 is 30.6 Å². The number of hydrogen-bond donors (Lipinski definition) is 0. The van der Waals surface area contributed by atoms with Crippen molar-refractivity contribution in [3.05, 3.63) is 0 Å². The van der Waals surface area contributed by atoms with Gasteiger partial charge in [-0.25, -0.2) is 9.59 Å². The standard InChI is InChI=1S/C13H18F2O4/c1-2-13(6-8-3-4-9(13)5-8)19-10(16)7-18-12(17)11(14)15/h8-9,11H,2-7H2,1H3. The normalized spacial score (nSPS) is 32.6. The number of carbonyl (C=O) groups is 2. The molecule has 6 heteroatoms. The summed E-state index contributed by atoms with van der Waals surface area (Å²) in [5.41, 5.74) is -0.475. The minimum atomic E-state index is -3.21. The van der Waals surface area contributed by atoms with Crippen LogP contribution in [0.1, 0.15) is 39.0 Å². The largest absolute Gasteiger partial charge is 0.456 e. The highest BCUT2D eigenvalue weighted by atomic mass is 19.3. The molecule has 4 nitrogen and oxygen atoms in total. The molecule has 0 aromatic rings. The molecule has 2 rings (SSSR count). The van der Waals surface area contributed by atoms with Gasteiger partial charge in [-0.3, -0.25) is 0 Å². The lowest BCUT2D eigenvalue weighted by molar-refractivity contribution is -0.178. The monoisotopic (exact) mass is 276 g/mol. The highest BCUT2D eigenvalue weighted by molar-refractivity contribution is 5.78. The Morgan fingerprint density at radius 3 is 2.58 bits per heavy atom. The summed E-state index contributed by atoms with van der Waals surface area (Å²) < 4.78 is 33.5. The third-order valence-corrected chi connectivity index (χ3v) is 4.35. The molecule has 0 spiro atoms. The number of hydrogen-bond acceptors (Lipinski definition) is 4. The maximum Gasteiger partial charge on any atom is 0.374 e. The van der Waals surface area contributed by atoms with Crippen LogP contribution in [-0.4, -0.2) is 30.6 Å². The Bertz CT molecular complexity index is 372. The summed E-state index contributed by atoms with van der Waals surface area (Å²) in [7, 11) is 0. The predicted octanol–water partition coefficient (Wildman–Crippen LogP) is 2.31. The van der Waals surface area contributed by atoms with Gasteiger partial charge < -0.3 is 9.47 Å². The van der Waals surface area contributed by atoms with Crippen LogP contribution in [0.25, 0.3) is 0 Å². The van der Waals surface area contributed by atoms with E-state index in [-0.39, 0.29) is 0 Å². The van der Waals surface area contributed by atoms with Gasteiger partial charge in [-0.2, -0.15) is 8.78 Å². The maximum atomic E-state index is 11.9. The van der Waals surface area contributed by atoms with Gasteiger partial charge in [0.1, 0.15) is 5.60 Å². The van der Waals surface area contributed by atoms with Crippen molar-refractivity contribution in [1.82, 2.24) is 0 Å². The Labute approximate surface area is 110 Å². The van der Waals surface area contributed by atoms with Crippen LogP contribution in [0.15, 0.2) is 0 Å². The third-order valence-electron chi connectivity index (χ3n) is 4.35.